The molecule has 1 aromatic heterocycles. The Bertz CT molecular complexity index is 867. The third kappa shape index (κ3) is 3.14. The van der Waals surface area contributed by atoms with Gasteiger partial charge in [0.15, 0.2) is 5.69 Å². The summed E-state index contributed by atoms with van der Waals surface area (Å²) in [5, 5.41) is 0. The SMILES string of the molecule is Cc1oc(C(=O)c2ccc(Br)cc2)nc1C(=O)c1ccccc1. The van der Waals surface area contributed by atoms with E-state index in [1.807, 2.05) is 6.07 Å². The van der Waals surface area contributed by atoms with Crippen LogP contribution in [0.5, 0.6) is 0 Å². The predicted octanol–water partition coefficient (Wildman–Crippen LogP) is 4.21. The zero-order chi connectivity index (χ0) is 16.4. The van der Waals surface area contributed by atoms with Crippen LogP contribution >= 0.6 is 15.9 Å². The van der Waals surface area contributed by atoms with Gasteiger partial charge in [-0.1, -0.05) is 46.3 Å². The van der Waals surface area contributed by atoms with E-state index in [2.05, 4.69) is 20.9 Å². The van der Waals surface area contributed by atoms with Gasteiger partial charge in [0.05, 0.1) is 0 Å². The Balaban J connectivity index is 1.93. The number of carbonyl (C=O) groups excluding carboxylic acids is 2. The molecule has 0 amide bonds. The molecule has 0 N–H and O–H groups in total. The zero-order valence-electron chi connectivity index (χ0n) is 12.2. The van der Waals surface area contributed by atoms with E-state index < -0.39 is 0 Å². The monoisotopic (exact) mass is 369 g/mol. The average molecular weight is 370 g/mol. The van der Waals surface area contributed by atoms with Crippen molar-refractivity contribution in [2.75, 3.05) is 0 Å². The summed E-state index contributed by atoms with van der Waals surface area (Å²) in [4.78, 5) is 29.0. The first-order valence-corrected chi connectivity index (χ1v) is 7.73. The molecule has 0 atom stereocenters. The molecular formula is C18H12BrNO3. The van der Waals surface area contributed by atoms with Crippen LogP contribution in [0, 0.1) is 6.92 Å². The molecule has 0 saturated carbocycles. The zero-order valence-corrected chi connectivity index (χ0v) is 13.8. The van der Waals surface area contributed by atoms with Crippen molar-refractivity contribution < 1.29 is 14.0 Å². The molecule has 114 valence electrons. The molecule has 0 saturated heterocycles. The Morgan fingerprint density at radius 1 is 0.913 bits per heavy atom. The highest BCUT2D eigenvalue weighted by Gasteiger charge is 2.23. The van der Waals surface area contributed by atoms with Crippen molar-refractivity contribution in [3.05, 3.63) is 87.5 Å². The lowest BCUT2D eigenvalue weighted by Crippen LogP contribution is -2.05. The van der Waals surface area contributed by atoms with Gasteiger partial charge < -0.3 is 4.42 Å². The number of rotatable bonds is 4. The van der Waals surface area contributed by atoms with Crippen molar-refractivity contribution in [2.24, 2.45) is 0 Å². The number of ketones is 2. The summed E-state index contributed by atoms with van der Waals surface area (Å²) in [7, 11) is 0. The maximum atomic E-state index is 12.4. The largest absolute Gasteiger partial charge is 0.438 e. The molecule has 0 bridgehead atoms. The summed E-state index contributed by atoms with van der Waals surface area (Å²) in [5.41, 5.74) is 1.12. The molecule has 3 aromatic rings. The van der Waals surface area contributed by atoms with Gasteiger partial charge in [-0.05, 0) is 31.2 Å². The van der Waals surface area contributed by atoms with E-state index in [9.17, 15) is 9.59 Å². The molecule has 0 spiro atoms. The molecule has 0 radical (unpaired) electrons. The van der Waals surface area contributed by atoms with E-state index in [-0.39, 0.29) is 23.2 Å². The summed E-state index contributed by atoms with van der Waals surface area (Å²) in [6, 6.07) is 15.6. The van der Waals surface area contributed by atoms with Crippen LogP contribution in [0.2, 0.25) is 0 Å². The summed E-state index contributed by atoms with van der Waals surface area (Å²) in [6.07, 6.45) is 0. The standard InChI is InChI=1S/C18H12BrNO3/c1-11-15(16(21)12-5-3-2-4-6-12)20-18(23-11)17(22)13-7-9-14(19)10-8-13/h2-10H,1H3. The number of benzene rings is 2. The normalized spacial score (nSPS) is 10.5. The van der Waals surface area contributed by atoms with Crippen LogP contribution in [-0.2, 0) is 0 Å². The van der Waals surface area contributed by atoms with E-state index >= 15 is 0 Å². The fourth-order valence-corrected chi connectivity index (χ4v) is 2.42. The van der Waals surface area contributed by atoms with Crippen molar-refractivity contribution in [1.82, 2.24) is 4.98 Å². The summed E-state index contributed by atoms with van der Waals surface area (Å²) >= 11 is 3.32. The topological polar surface area (TPSA) is 60.2 Å². The lowest BCUT2D eigenvalue weighted by molar-refractivity contribution is 0.100. The Morgan fingerprint density at radius 2 is 1.52 bits per heavy atom. The fraction of sp³-hybridized carbons (Fsp3) is 0.0556. The number of aryl methyl sites for hydroxylation is 1. The van der Waals surface area contributed by atoms with E-state index in [1.54, 1.807) is 55.5 Å². The minimum absolute atomic E-state index is 0.0795. The molecule has 2 aromatic carbocycles. The molecule has 0 aliphatic carbocycles. The average Bonchev–Trinajstić information content (AvgIpc) is 2.97. The maximum Gasteiger partial charge on any atom is 0.269 e. The van der Waals surface area contributed by atoms with Crippen LogP contribution in [0.15, 0.2) is 63.5 Å². The van der Waals surface area contributed by atoms with Gasteiger partial charge in [0.1, 0.15) is 5.76 Å². The molecular weight excluding hydrogens is 358 g/mol. The molecule has 3 rings (SSSR count). The molecule has 5 heteroatoms. The number of hydrogen-bond donors (Lipinski definition) is 0. The smallest absolute Gasteiger partial charge is 0.269 e. The number of halogens is 1. The third-order valence-corrected chi connectivity index (χ3v) is 3.88. The number of carbonyl (C=O) groups is 2. The second-order valence-corrected chi connectivity index (χ2v) is 5.87. The van der Waals surface area contributed by atoms with Gasteiger partial charge >= 0.3 is 0 Å². The van der Waals surface area contributed by atoms with Gasteiger partial charge in [-0.15, -0.1) is 0 Å². The van der Waals surface area contributed by atoms with E-state index in [0.717, 1.165) is 4.47 Å². The lowest BCUT2D eigenvalue weighted by Gasteiger charge is -1.97. The summed E-state index contributed by atoms with van der Waals surface area (Å²) in [6.45, 7) is 1.63. The van der Waals surface area contributed by atoms with Gasteiger partial charge in [-0.25, -0.2) is 4.98 Å². The molecule has 0 aliphatic rings. The Kier molecular flexibility index (Phi) is 4.21. The Hall–Kier alpha value is -2.53. The van der Waals surface area contributed by atoms with Crippen molar-refractivity contribution in [1.29, 1.82) is 0 Å². The quantitative estimate of drug-likeness (QED) is 0.646. The Labute approximate surface area is 141 Å². The highest BCUT2D eigenvalue weighted by Crippen LogP contribution is 2.18. The molecule has 4 nitrogen and oxygen atoms in total. The van der Waals surface area contributed by atoms with Gasteiger partial charge in [0.2, 0.25) is 11.6 Å². The second kappa shape index (κ2) is 6.30. The van der Waals surface area contributed by atoms with E-state index in [4.69, 9.17) is 4.42 Å². The lowest BCUT2D eigenvalue weighted by atomic mass is 10.1. The van der Waals surface area contributed by atoms with Crippen molar-refractivity contribution in [2.45, 2.75) is 6.92 Å². The van der Waals surface area contributed by atoms with Crippen molar-refractivity contribution >= 4 is 27.5 Å². The second-order valence-electron chi connectivity index (χ2n) is 4.95. The van der Waals surface area contributed by atoms with Crippen molar-refractivity contribution in [3.8, 4) is 0 Å². The number of nitrogens with zero attached hydrogens (tertiary/aromatic N) is 1. The van der Waals surface area contributed by atoms with Gasteiger partial charge in [0, 0.05) is 15.6 Å². The van der Waals surface area contributed by atoms with Crippen molar-refractivity contribution in [3.63, 3.8) is 0 Å². The van der Waals surface area contributed by atoms with E-state index in [0.29, 0.717) is 16.9 Å². The molecule has 23 heavy (non-hydrogen) atoms. The molecule has 0 fully saturated rings. The van der Waals surface area contributed by atoms with Crippen LogP contribution in [0.1, 0.15) is 38.1 Å². The minimum Gasteiger partial charge on any atom is -0.438 e. The first kappa shape index (κ1) is 15.4. The van der Waals surface area contributed by atoms with Gasteiger partial charge in [-0.3, -0.25) is 9.59 Å². The minimum atomic E-state index is -0.354. The van der Waals surface area contributed by atoms with Gasteiger partial charge in [0.25, 0.3) is 5.89 Å². The first-order chi connectivity index (χ1) is 11.1. The van der Waals surface area contributed by atoms with Crippen LogP contribution in [0.25, 0.3) is 0 Å². The molecule has 1 heterocycles. The summed E-state index contributed by atoms with van der Waals surface area (Å²) < 4.78 is 6.28. The number of aromatic nitrogens is 1. The Morgan fingerprint density at radius 3 is 2.17 bits per heavy atom. The highest BCUT2D eigenvalue weighted by molar-refractivity contribution is 9.10. The number of hydrogen-bond acceptors (Lipinski definition) is 4. The highest BCUT2D eigenvalue weighted by atomic mass is 79.9. The molecule has 0 aliphatic heterocycles. The maximum absolute atomic E-state index is 12.4. The summed E-state index contributed by atoms with van der Waals surface area (Å²) in [5.74, 6) is -0.363. The fourth-order valence-electron chi connectivity index (χ4n) is 2.16. The number of oxazole rings is 1. The van der Waals surface area contributed by atoms with Gasteiger partial charge in [-0.2, -0.15) is 0 Å². The van der Waals surface area contributed by atoms with Crippen LogP contribution in [0.3, 0.4) is 0 Å². The van der Waals surface area contributed by atoms with Crippen LogP contribution in [-0.4, -0.2) is 16.6 Å². The predicted molar refractivity (Wildman–Crippen MR) is 88.7 cm³/mol. The third-order valence-electron chi connectivity index (χ3n) is 3.35. The van der Waals surface area contributed by atoms with Crippen LogP contribution in [0.4, 0.5) is 0 Å². The van der Waals surface area contributed by atoms with E-state index in [1.165, 1.54) is 0 Å². The van der Waals surface area contributed by atoms with Crippen LogP contribution < -0.4 is 0 Å². The molecule has 0 unspecified atom stereocenters. The first-order valence-electron chi connectivity index (χ1n) is 6.93.